The third-order valence-corrected chi connectivity index (χ3v) is 2.01. The van der Waals surface area contributed by atoms with Crippen LogP contribution in [0, 0.1) is 0 Å². The number of hydrogen-bond acceptors (Lipinski definition) is 5. The van der Waals surface area contributed by atoms with Crippen molar-refractivity contribution < 1.29 is 9.59 Å². The van der Waals surface area contributed by atoms with Crippen molar-refractivity contribution >= 4 is 17.6 Å². The number of carbonyl (C=O) groups is 2. The highest BCUT2D eigenvalue weighted by atomic mass is 16.2. The van der Waals surface area contributed by atoms with Gasteiger partial charge < -0.3 is 17.2 Å². The van der Waals surface area contributed by atoms with Crippen LogP contribution in [0.15, 0.2) is 18.3 Å². The molecule has 0 spiro atoms. The first-order valence-electron chi connectivity index (χ1n) is 4.96. The number of nitrogens with two attached hydrogens (primary N) is 3. The number of amides is 2. The van der Waals surface area contributed by atoms with Gasteiger partial charge in [-0.3, -0.25) is 14.5 Å². The summed E-state index contributed by atoms with van der Waals surface area (Å²) in [5, 5.41) is 0. The molecule has 0 unspecified atom stereocenters. The lowest BCUT2D eigenvalue weighted by atomic mass is 10.2. The Kier molecular flexibility index (Phi) is 4.41. The van der Waals surface area contributed by atoms with Crippen LogP contribution in [0.1, 0.15) is 5.56 Å². The lowest BCUT2D eigenvalue weighted by Gasteiger charge is -2.18. The Labute approximate surface area is 98.6 Å². The summed E-state index contributed by atoms with van der Waals surface area (Å²) in [5.41, 5.74) is 16.5. The largest absolute Gasteiger partial charge is 0.384 e. The smallest absolute Gasteiger partial charge is 0.231 e. The molecule has 0 atom stereocenters. The van der Waals surface area contributed by atoms with Gasteiger partial charge in [-0.2, -0.15) is 0 Å². The van der Waals surface area contributed by atoms with E-state index in [2.05, 4.69) is 4.98 Å². The average Bonchev–Trinajstić information content (AvgIpc) is 2.14. The van der Waals surface area contributed by atoms with Crippen molar-refractivity contribution in [3.63, 3.8) is 0 Å². The Bertz CT molecular complexity index is 405. The summed E-state index contributed by atoms with van der Waals surface area (Å²) in [5.74, 6) is -0.665. The summed E-state index contributed by atoms with van der Waals surface area (Å²) in [6.07, 6.45) is 1.55. The molecule has 7 heteroatoms. The highest BCUT2D eigenvalue weighted by molar-refractivity contribution is 5.79. The Balaban J connectivity index is 2.71. The van der Waals surface area contributed by atoms with Gasteiger partial charge in [-0.1, -0.05) is 0 Å². The van der Waals surface area contributed by atoms with Gasteiger partial charge in [0.2, 0.25) is 11.8 Å². The maximum atomic E-state index is 10.8. The third-order valence-electron chi connectivity index (χ3n) is 2.01. The fourth-order valence-corrected chi connectivity index (χ4v) is 1.46. The van der Waals surface area contributed by atoms with E-state index in [1.807, 2.05) is 0 Å². The first-order chi connectivity index (χ1) is 7.97. The van der Waals surface area contributed by atoms with E-state index in [4.69, 9.17) is 17.2 Å². The Morgan fingerprint density at radius 1 is 1.24 bits per heavy atom. The van der Waals surface area contributed by atoms with Crippen LogP contribution in [0.3, 0.4) is 0 Å². The number of aromatic nitrogens is 1. The minimum atomic E-state index is -0.520. The molecule has 17 heavy (non-hydrogen) atoms. The number of rotatable bonds is 6. The Morgan fingerprint density at radius 2 is 1.82 bits per heavy atom. The van der Waals surface area contributed by atoms with Crippen molar-refractivity contribution in [2.75, 3.05) is 18.8 Å². The maximum absolute atomic E-state index is 10.8. The second kappa shape index (κ2) is 5.80. The quantitative estimate of drug-likeness (QED) is 0.551. The van der Waals surface area contributed by atoms with Crippen molar-refractivity contribution in [3.8, 4) is 0 Å². The predicted octanol–water partition coefficient (Wildman–Crippen LogP) is -1.56. The lowest BCUT2D eigenvalue weighted by Crippen LogP contribution is -2.39. The summed E-state index contributed by atoms with van der Waals surface area (Å²) in [6.45, 7) is 0.287. The van der Waals surface area contributed by atoms with Crippen LogP contribution >= 0.6 is 0 Å². The molecule has 0 bridgehead atoms. The van der Waals surface area contributed by atoms with E-state index in [9.17, 15) is 9.59 Å². The zero-order valence-corrected chi connectivity index (χ0v) is 9.30. The van der Waals surface area contributed by atoms with E-state index in [-0.39, 0.29) is 13.1 Å². The van der Waals surface area contributed by atoms with Crippen LogP contribution in [0.5, 0.6) is 0 Å². The molecule has 0 fully saturated rings. The highest BCUT2D eigenvalue weighted by Crippen LogP contribution is 2.06. The van der Waals surface area contributed by atoms with Crippen molar-refractivity contribution in [2.24, 2.45) is 11.5 Å². The third kappa shape index (κ3) is 4.94. The summed E-state index contributed by atoms with van der Waals surface area (Å²) < 4.78 is 0. The van der Waals surface area contributed by atoms with Crippen LogP contribution in [0.2, 0.25) is 0 Å². The van der Waals surface area contributed by atoms with Gasteiger partial charge in [0.1, 0.15) is 5.82 Å². The first-order valence-corrected chi connectivity index (χ1v) is 4.96. The molecule has 0 radical (unpaired) electrons. The second-order valence-electron chi connectivity index (χ2n) is 3.67. The summed E-state index contributed by atoms with van der Waals surface area (Å²) in [6, 6.07) is 3.40. The number of hydrogen-bond donors (Lipinski definition) is 3. The Morgan fingerprint density at radius 3 is 2.29 bits per heavy atom. The van der Waals surface area contributed by atoms with E-state index in [0.717, 1.165) is 5.56 Å². The minimum absolute atomic E-state index is 0.0365. The van der Waals surface area contributed by atoms with E-state index >= 15 is 0 Å². The van der Waals surface area contributed by atoms with E-state index in [1.54, 1.807) is 23.2 Å². The predicted molar refractivity (Wildman–Crippen MR) is 62.3 cm³/mol. The maximum Gasteiger partial charge on any atom is 0.231 e. The number of primary amides is 2. The van der Waals surface area contributed by atoms with Crippen molar-refractivity contribution in [1.29, 1.82) is 0 Å². The molecule has 1 aromatic heterocycles. The van der Waals surface area contributed by atoms with Crippen LogP contribution in [-0.2, 0) is 16.1 Å². The zero-order chi connectivity index (χ0) is 12.8. The number of nitrogens with zero attached hydrogens (tertiary/aromatic N) is 2. The number of anilines is 1. The average molecular weight is 237 g/mol. The standard InChI is InChI=1S/C10H15N5O2/c11-8-3-7(1-2-14-8)4-15(5-9(12)16)6-10(13)17/h1-3H,4-6H2,(H2,11,14)(H2,12,16)(H2,13,17). The molecule has 1 aromatic rings. The van der Waals surface area contributed by atoms with E-state index < -0.39 is 11.8 Å². The van der Waals surface area contributed by atoms with Crippen molar-refractivity contribution in [2.45, 2.75) is 6.54 Å². The molecule has 0 aliphatic rings. The molecule has 92 valence electrons. The molecule has 0 aromatic carbocycles. The van der Waals surface area contributed by atoms with Crippen LogP contribution in [0.4, 0.5) is 5.82 Å². The lowest BCUT2D eigenvalue weighted by molar-refractivity contribution is -0.122. The normalized spacial score (nSPS) is 10.4. The summed E-state index contributed by atoms with van der Waals surface area (Å²) in [7, 11) is 0. The molecule has 1 heterocycles. The van der Waals surface area contributed by atoms with Crippen LogP contribution in [-0.4, -0.2) is 34.8 Å². The molecule has 6 N–H and O–H groups in total. The van der Waals surface area contributed by atoms with Crippen LogP contribution < -0.4 is 17.2 Å². The summed E-state index contributed by atoms with van der Waals surface area (Å²) in [4.78, 5) is 27.1. The van der Waals surface area contributed by atoms with Gasteiger partial charge >= 0.3 is 0 Å². The second-order valence-corrected chi connectivity index (χ2v) is 3.67. The van der Waals surface area contributed by atoms with E-state index in [0.29, 0.717) is 12.4 Å². The van der Waals surface area contributed by atoms with Crippen LogP contribution in [0.25, 0.3) is 0 Å². The number of carbonyl (C=O) groups excluding carboxylic acids is 2. The number of nitrogen functional groups attached to an aromatic ring is 1. The number of pyridine rings is 1. The first kappa shape index (κ1) is 12.9. The Hall–Kier alpha value is -2.15. The van der Waals surface area contributed by atoms with Gasteiger partial charge in [0.15, 0.2) is 0 Å². The zero-order valence-electron chi connectivity index (χ0n) is 9.30. The van der Waals surface area contributed by atoms with Crippen molar-refractivity contribution in [3.05, 3.63) is 23.9 Å². The van der Waals surface area contributed by atoms with Crippen molar-refractivity contribution in [1.82, 2.24) is 9.88 Å². The van der Waals surface area contributed by atoms with E-state index in [1.165, 1.54) is 0 Å². The fourth-order valence-electron chi connectivity index (χ4n) is 1.46. The molecular weight excluding hydrogens is 222 g/mol. The van der Waals surface area contributed by atoms with Gasteiger partial charge in [0, 0.05) is 12.7 Å². The molecule has 0 aliphatic carbocycles. The molecular formula is C10H15N5O2. The molecule has 0 saturated carbocycles. The SMILES string of the molecule is NC(=O)CN(CC(N)=O)Cc1ccnc(N)c1. The summed E-state index contributed by atoms with van der Waals surface area (Å²) >= 11 is 0. The molecule has 0 aliphatic heterocycles. The fraction of sp³-hybridized carbons (Fsp3) is 0.300. The van der Waals surface area contributed by atoms with Gasteiger partial charge in [-0.05, 0) is 17.7 Å². The van der Waals surface area contributed by atoms with Gasteiger partial charge in [-0.15, -0.1) is 0 Å². The van der Waals surface area contributed by atoms with Gasteiger partial charge in [0.25, 0.3) is 0 Å². The van der Waals surface area contributed by atoms with Gasteiger partial charge in [0.05, 0.1) is 13.1 Å². The molecule has 7 nitrogen and oxygen atoms in total. The topological polar surface area (TPSA) is 128 Å². The minimum Gasteiger partial charge on any atom is -0.384 e. The monoisotopic (exact) mass is 237 g/mol. The van der Waals surface area contributed by atoms with Gasteiger partial charge in [-0.25, -0.2) is 4.98 Å². The molecule has 0 saturated heterocycles. The molecule has 1 rings (SSSR count). The highest BCUT2D eigenvalue weighted by Gasteiger charge is 2.11. The molecule has 2 amide bonds.